The van der Waals surface area contributed by atoms with Crippen molar-refractivity contribution in [1.29, 1.82) is 0 Å². The lowest BCUT2D eigenvalue weighted by Crippen LogP contribution is -2.50. The Labute approximate surface area is 221 Å². The molecule has 0 aliphatic carbocycles. The van der Waals surface area contributed by atoms with Crippen LogP contribution >= 0.6 is 0 Å². The molecule has 0 radical (unpaired) electrons. The van der Waals surface area contributed by atoms with Gasteiger partial charge in [0.15, 0.2) is 0 Å². The van der Waals surface area contributed by atoms with Crippen molar-refractivity contribution in [2.75, 3.05) is 26.2 Å². The minimum absolute atomic E-state index is 0.0532. The van der Waals surface area contributed by atoms with Crippen LogP contribution in [0.4, 0.5) is 4.39 Å². The largest absolute Gasteiger partial charge is 0.360 e. The molecule has 1 aromatic heterocycles. The van der Waals surface area contributed by atoms with Crippen LogP contribution < -0.4 is 5.32 Å². The van der Waals surface area contributed by atoms with Gasteiger partial charge in [-0.2, -0.15) is 0 Å². The highest BCUT2D eigenvalue weighted by molar-refractivity contribution is 6.23. The number of aromatic amines is 1. The summed E-state index contributed by atoms with van der Waals surface area (Å²) in [6, 6.07) is 12.1. The molecule has 1 atom stereocenters. The van der Waals surface area contributed by atoms with E-state index in [4.69, 9.17) is 4.99 Å². The summed E-state index contributed by atoms with van der Waals surface area (Å²) in [5.74, 6) is -0.136. The zero-order valence-corrected chi connectivity index (χ0v) is 21.3. The number of aliphatic imine (C=N–C) groups is 1. The summed E-state index contributed by atoms with van der Waals surface area (Å²) in [4.78, 5) is 37.5. The number of nitrogens with one attached hydrogen (secondary N) is 2. The number of rotatable bonds is 6. The molecule has 194 valence electrons. The van der Waals surface area contributed by atoms with E-state index < -0.39 is 5.82 Å². The fraction of sp³-hybridized carbons (Fsp3) is 0.233. The highest BCUT2D eigenvalue weighted by atomic mass is 19.1. The molecule has 2 N–H and O–H groups in total. The number of halogens is 1. The Bertz CT molecular complexity index is 1480. The molecular formula is C30H30FN5O2. The minimum atomic E-state index is -0.445. The molecule has 1 saturated heterocycles. The van der Waals surface area contributed by atoms with Crippen LogP contribution in [0.3, 0.4) is 0 Å². The predicted octanol–water partition coefficient (Wildman–Crippen LogP) is 4.50. The second kappa shape index (κ2) is 10.5. The fourth-order valence-electron chi connectivity index (χ4n) is 5.04. The number of hydrogen-bond donors (Lipinski definition) is 2. The molecule has 2 aromatic carbocycles. The Morgan fingerprint density at radius 3 is 2.50 bits per heavy atom. The molecule has 7 nitrogen and oxygen atoms in total. The molecule has 3 aromatic rings. The van der Waals surface area contributed by atoms with Crippen LogP contribution in [-0.4, -0.2) is 64.7 Å². The van der Waals surface area contributed by atoms with Crippen LogP contribution in [0.1, 0.15) is 34.8 Å². The van der Waals surface area contributed by atoms with Gasteiger partial charge in [0.25, 0.3) is 11.8 Å². The van der Waals surface area contributed by atoms with E-state index >= 15 is 4.39 Å². The summed E-state index contributed by atoms with van der Waals surface area (Å²) in [5, 5.41) is 3.64. The summed E-state index contributed by atoms with van der Waals surface area (Å²) in [5.41, 5.74) is 3.48. The normalized spacial score (nSPS) is 18.4. The van der Waals surface area contributed by atoms with Gasteiger partial charge in [0.1, 0.15) is 11.7 Å². The second-order valence-corrected chi connectivity index (χ2v) is 9.36. The quantitative estimate of drug-likeness (QED) is 0.378. The number of amides is 2. The molecule has 8 heteroatoms. The topological polar surface area (TPSA) is 80.8 Å². The van der Waals surface area contributed by atoms with Gasteiger partial charge in [-0.15, -0.1) is 6.58 Å². The number of benzene rings is 2. The Morgan fingerprint density at radius 2 is 1.82 bits per heavy atom. The van der Waals surface area contributed by atoms with Crippen molar-refractivity contribution < 1.29 is 14.0 Å². The standard InChI is InChI=1S/C30H30FN5O2/c1-4-9-25-24(5-2)33-28(34-25)21-12-13-23(31)26-22(18-32-27(21)26)19(3)29(37)35-14-16-36(17-15-35)30(38)20-10-7-6-8-11-20/h4-8,10-13,18,25,32H,1,3,9,14-17H2,2H3,(H,33,34)/b24-5+. The zero-order chi connectivity index (χ0) is 26.8. The molecule has 2 amide bonds. The van der Waals surface area contributed by atoms with Gasteiger partial charge in [0, 0.05) is 65.7 Å². The fourth-order valence-corrected chi connectivity index (χ4v) is 5.04. The SMILES string of the molecule is C=CCC1N=C(c2ccc(F)c3c(C(=C)C(=O)N4CCN(C(=O)c5ccccc5)CC4)c[nH]c23)N/C1=C/C. The third-order valence-electron chi connectivity index (χ3n) is 7.11. The maximum atomic E-state index is 15.1. The summed E-state index contributed by atoms with van der Waals surface area (Å²) < 4.78 is 15.1. The number of fused-ring (bicyclic) bond motifs is 1. The molecule has 1 unspecified atom stereocenters. The van der Waals surface area contributed by atoms with Crippen molar-refractivity contribution in [2.45, 2.75) is 19.4 Å². The van der Waals surface area contributed by atoms with Crippen molar-refractivity contribution in [1.82, 2.24) is 20.1 Å². The van der Waals surface area contributed by atoms with Crippen LogP contribution in [0, 0.1) is 5.82 Å². The molecule has 0 spiro atoms. The summed E-state index contributed by atoms with van der Waals surface area (Å²) in [7, 11) is 0. The smallest absolute Gasteiger partial charge is 0.254 e. The number of nitrogens with zero attached hydrogens (tertiary/aromatic N) is 3. The van der Waals surface area contributed by atoms with Gasteiger partial charge >= 0.3 is 0 Å². The van der Waals surface area contributed by atoms with E-state index in [1.807, 2.05) is 37.3 Å². The monoisotopic (exact) mass is 511 g/mol. The first-order valence-electron chi connectivity index (χ1n) is 12.7. The Kier molecular flexibility index (Phi) is 6.96. The molecule has 2 aliphatic heterocycles. The van der Waals surface area contributed by atoms with Crippen molar-refractivity contribution >= 4 is 34.1 Å². The highest BCUT2D eigenvalue weighted by Crippen LogP contribution is 2.32. The first-order valence-corrected chi connectivity index (χ1v) is 12.7. The van der Waals surface area contributed by atoms with Crippen molar-refractivity contribution in [2.24, 2.45) is 4.99 Å². The molecule has 5 rings (SSSR count). The van der Waals surface area contributed by atoms with E-state index in [1.54, 1.807) is 34.2 Å². The van der Waals surface area contributed by atoms with E-state index in [-0.39, 0.29) is 23.4 Å². The Balaban J connectivity index is 1.35. The van der Waals surface area contributed by atoms with Crippen LogP contribution in [0.2, 0.25) is 0 Å². The number of carbonyl (C=O) groups is 2. The van der Waals surface area contributed by atoms with Gasteiger partial charge in [-0.05, 0) is 37.6 Å². The summed E-state index contributed by atoms with van der Waals surface area (Å²) >= 11 is 0. The summed E-state index contributed by atoms with van der Waals surface area (Å²) in [6.07, 6.45) is 6.10. The molecular weight excluding hydrogens is 481 g/mol. The van der Waals surface area contributed by atoms with Crippen LogP contribution in [0.5, 0.6) is 0 Å². The van der Waals surface area contributed by atoms with E-state index in [9.17, 15) is 9.59 Å². The zero-order valence-electron chi connectivity index (χ0n) is 21.3. The van der Waals surface area contributed by atoms with E-state index in [0.29, 0.717) is 66.0 Å². The summed E-state index contributed by atoms with van der Waals surface area (Å²) in [6.45, 7) is 11.4. The Hall–Kier alpha value is -4.46. The molecule has 2 aliphatic rings. The first kappa shape index (κ1) is 25.2. The second-order valence-electron chi connectivity index (χ2n) is 9.36. The molecule has 38 heavy (non-hydrogen) atoms. The third kappa shape index (κ3) is 4.53. The number of carbonyl (C=O) groups excluding carboxylic acids is 2. The number of allylic oxidation sites excluding steroid dienone is 1. The van der Waals surface area contributed by atoms with Crippen LogP contribution in [0.25, 0.3) is 16.5 Å². The maximum Gasteiger partial charge on any atom is 0.254 e. The lowest BCUT2D eigenvalue weighted by molar-refractivity contribution is -0.126. The Morgan fingerprint density at radius 1 is 1.11 bits per heavy atom. The number of H-pyrrole nitrogens is 1. The lowest BCUT2D eigenvalue weighted by Gasteiger charge is -2.35. The minimum Gasteiger partial charge on any atom is -0.360 e. The number of aromatic nitrogens is 1. The lowest BCUT2D eigenvalue weighted by atomic mass is 10.0. The van der Waals surface area contributed by atoms with Crippen molar-refractivity contribution in [3.05, 3.63) is 102 Å². The van der Waals surface area contributed by atoms with Crippen LogP contribution in [-0.2, 0) is 4.79 Å². The van der Waals surface area contributed by atoms with Gasteiger partial charge in [-0.1, -0.05) is 36.9 Å². The van der Waals surface area contributed by atoms with Crippen molar-refractivity contribution in [3.8, 4) is 0 Å². The van der Waals surface area contributed by atoms with E-state index in [2.05, 4.69) is 23.5 Å². The molecule has 0 bridgehead atoms. The van der Waals surface area contributed by atoms with Gasteiger partial charge in [-0.3, -0.25) is 14.6 Å². The van der Waals surface area contributed by atoms with E-state index in [0.717, 1.165) is 5.70 Å². The predicted molar refractivity (Wildman–Crippen MR) is 148 cm³/mol. The van der Waals surface area contributed by atoms with Crippen LogP contribution in [0.15, 0.2) is 84.7 Å². The van der Waals surface area contributed by atoms with Crippen molar-refractivity contribution in [3.63, 3.8) is 0 Å². The van der Waals surface area contributed by atoms with Gasteiger partial charge in [0.2, 0.25) is 0 Å². The third-order valence-corrected chi connectivity index (χ3v) is 7.11. The molecule has 0 saturated carbocycles. The van der Waals surface area contributed by atoms with Gasteiger partial charge in [0.05, 0.1) is 11.6 Å². The molecule has 1 fully saturated rings. The maximum absolute atomic E-state index is 15.1. The average Bonchev–Trinajstić information content (AvgIpc) is 3.58. The number of hydrogen-bond acceptors (Lipinski definition) is 4. The number of piperazine rings is 1. The highest BCUT2D eigenvalue weighted by Gasteiger charge is 2.29. The first-order chi connectivity index (χ1) is 18.4. The van der Waals surface area contributed by atoms with Gasteiger partial charge < -0.3 is 20.1 Å². The van der Waals surface area contributed by atoms with Gasteiger partial charge in [-0.25, -0.2) is 4.39 Å². The average molecular weight is 512 g/mol. The van der Waals surface area contributed by atoms with E-state index in [1.165, 1.54) is 6.07 Å². The number of amidine groups is 1. The molecule has 3 heterocycles.